The molecule has 1 N–H and O–H groups in total. The first-order chi connectivity index (χ1) is 12.1. The molecule has 0 aliphatic heterocycles. The number of nitrogens with one attached hydrogen (secondary N) is 1. The molecule has 0 saturated heterocycles. The second-order valence-corrected chi connectivity index (χ2v) is 5.33. The second-order valence-electron chi connectivity index (χ2n) is 5.33. The number of carbonyl (C=O) groups is 1. The quantitative estimate of drug-likeness (QED) is 0.723. The van der Waals surface area contributed by atoms with Crippen molar-refractivity contribution >= 4 is 16.9 Å². The maximum absolute atomic E-state index is 11.9. The highest BCUT2D eigenvalue weighted by Crippen LogP contribution is 2.19. The summed E-state index contributed by atoms with van der Waals surface area (Å²) >= 11 is 0. The van der Waals surface area contributed by atoms with Crippen LogP contribution in [0.5, 0.6) is 5.75 Å². The average Bonchev–Trinajstić information content (AvgIpc) is 2.64. The highest BCUT2D eigenvalue weighted by molar-refractivity contribution is 5.79. The molecule has 6 nitrogen and oxygen atoms in total. The lowest BCUT2D eigenvalue weighted by atomic mass is 10.1. The predicted octanol–water partition coefficient (Wildman–Crippen LogP) is 2.36. The Bertz CT molecular complexity index is 1020. The molecule has 0 saturated carbocycles. The van der Waals surface area contributed by atoms with E-state index in [4.69, 9.17) is 14.4 Å². The van der Waals surface area contributed by atoms with Crippen LogP contribution in [0.1, 0.15) is 11.1 Å². The first kappa shape index (κ1) is 16.3. The number of hydrogen-bond acceptors (Lipinski definition) is 5. The predicted molar refractivity (Wildman–Crippen MR) is 91.0 cm³/mol. The van der Waals surface area contributed by atoms with E-state index in [1.165, 1.54) is 6.07 Å². The Morgan fingerprint density at radius 1 is 1.16 bits per heavy atom. The van der Waals surface area contributed by atoms with Crippen LogP contribution in [0.4, 0.5) is 0 Å². The highest BCUT2D eigenvalue weighted by atomic mass is 16.5. The summed E-state index contributed by atoms with van der Waals surface area (Å²) in [5, 5.41) is 12.3. The van der Waals surface area contributed by atoms with Gasteiger partial charge in [0.25, 0.3) is 5.91 Å². The third kappa shape index (κ3) is 4.24. The fourth-order valence-corrected chi connectivity index (χ4v) is 2.28. The maximum atomic E-state index is 11.9. The van der Waals surface area contributed by atoms with Gasteiger partial charge in [0, 0.05) is 24.1 Å². The minimum atomic E-state index is -0.443. The van der Waals surface area contributed by atoms with E-state index in [0.717, 1.165) is 10.9 Å². The van der Waals surface area contributed by atoms with E-state index in [0.29, 0.717) is 23.4 Å². The van der Waals surface area contributed by atoms with Gasteiger partial charge in [0.1, 0.15) is 11.3 Å². The molecule has 25 heavy (non-hydrogen) atoms. The van der Waals surface area contributed by atoms with E-state index in [-0.39, 0.29) is 12.5 Å². The van der Waals surface area contributed by atoms with Crippen molar-refractivity contribution < 1.29 is 13.9 Å². The zero-order valence-corrected chi connectivity index (χ0v) is 13.2. The molecule has 0 atom stereocenters. The van der Waals surface area contributed by atoms with E-state index in [1.54, 1.807) is 42.5 Å². The van der Waals surface area contributed by atoms with Gasteiger partial charge in [0.05, 0.1) is 11.6 Å². The Balaban J connectivity index is 1.57. The number of nitrogens with zero attached hydrogens (tertiary/aromatic N) is 1. The summed E-state index contributed by atoms with van der Waals surface area (Å²) in [7, 11) is 0. The molecular formula is C19H14N2O4. The van der Waals surface area contributed by atoms with E-state index in [1.807, 2.05) is 6.07 Å². The normalized spacial score (nSPS) is 10.2. The van der Waals surface area contributed by atoms with Gasteiger partial charge < -0.3 is 14.5 Å². The topological polar surface area (TPSA) is 92.3 Å². The van der Waals surface area contributed by atoms with E-state index in [9.17, 15) is 9.59 Å². The van der Waals surface area contributed by atoms with Gasteiger partial charge in [-0.1, -0.05) is 12.1 Å². The molecule has 0 spiro atoms. The molecule has 0 aliphatic carbocycles. The molecule has 1 amide bonds. The number of nitriles is 1. The van der Waals surface area contributed by atoms with Crippen LogP contribution in [0, 0.1) is 11.3 Å². The summed E-state index contributed by atoms with van der Waals surface area (Å²) in [6.45, 7) is 0.144. The minimum absolute atomic E-state index is 0.166. The summed E-state index contributed by atoms with van der Waals surface area (Å²) in [6.07, 6.45) is 0. The van der Waals surface area contributed by atoms with E-state index >= 15 is 0 Å². The minimum Gasteiger partial charge on any atom is -0.484 e. The average molecular weight is 334 g/mol. The van der Waals surface area contributed by atoms with Crippen molar-refractivity contribution in [1.82, 2.24) is 5.32 Å². The molecule has 3 aromatic rings. The fourth-order valence-electron chi connectivity index (χ4n) is 2.28. The number of carbonyl (C=O) groups excluding carboxylic acids is 1. The Kier molecular flexibility index (Phi) is 4.77. The number of benzene rings is 2. The Morgan fingerprint density at radius 3 is 2.84 bits per heavy atom. The summed E-state index contributed by atoms with van der Waals surface area (Å²) < 4.78 is 10.5. The lowest BCUT2D eigenvalue weighted by Gasteiger charge is -2.08. The standard InChI is InChI=1S/C19H14N2O4/c20-10-13-2-1-3-14(8-13)11-21-18(22)12-24-16-6-4-15-5-7-19(23)25-17(15)9-16/h1-9H,11-12H2,(H,21,22). The highest BCUT2D eigenvalue weighted by Gasteiger charge is 2.05. The molecule has 124 valence electrons. The first-order valence-electron chi connectivity index (χ1n) is 7.56. The van der Waals surface area contributed by atoms with Crippen LogP contribution in [-0.4, -0.2) is 12.5 Å². The summed E-state index contributed by atoms with van der Waals surface area (Å²) in [5.41, 5.74) is 1.33. The molecule has 6 heteroatoms. The summed E-state index contributed by atoms with van der Waals surface area (Å²) in [4.78, 5) is 23.1. The van der Waals surface area contributed by atoms with Crippen LogP contribution in [0.25, 0.3) is 11.0 Å². The van der Waals surface area contributed by atoms with Gasteiger partial charge in [-0.05, 0) is 35.9 Å². The van der Waals surface area contributed by atoms with Gasteiger partial charge in [-0.3, -0.25) is 4.79 Å². The van der Waals surface area contributed by atoms with Gasteiger partial charge in [-0.15, -0.1) is 0 Å². The van der Waals surface area contributed by atoms with Gasteiger partial charge in [0.15, 0.2) is 6.61 Å². The number of hydrogen-bond donors (Lipinski definition) is 1. The van der Waals surface area contributed by atoms with Gasteiger partial charge in [-0.2, -0.15) is 5.26 Å². The van der Waals surface area contributed by atoms with Crippen molar-refractivity contribution in [3.05, 3.63) is 76.1 Å². The SMILES string of the molecule is N#Cc1cccc(CNC(=O)COc2ccc3ccc(=O)oc3c2)c1. The largest absolute Gasteiger partial charge is 0.484 e. The van der Waals surface area contributed by atoms with Gasteiger partial charge in [-0.25, -0.2) is 4.79 Å². The molecule has 3 rings (SSSR count). The smallest absolute Gasteiger partial charge is 0.336 e. The molecule has 0 radical (unpaired) electrons. The van der Waals surface area contributed by atoms with E-state index in [2.05, 4.69) is 11.4 Å². The van der Waals surface area contributed by atoms with Crippen LogP contribution in [0.15, 0.2) is 63.8 Å². The first-order valence-corrected chi connectivity index (χ1v) is 7.56. The van der Waals surface area contributed by atoms with Crippen LogP contribution >= 0.6 is 0 Å². The van der Waals surface area contributed by atoms with Crippen LogP contribution < -0.4 is 15.7 Å². The van der Waals surface area contributed by atoms with Crippen molar-refractivity contribution in [1.29, 1.82) is 5.26 Å². The fraction of sp³-hybridized carbons (Fsp3) is 0.105. The van der Waals surface area contributed by atoms with Crippen molar-refractivity contribution in [2.75, 3.05) is 6.61 Å². The Morgan fingerprint density at radius 2 is 2.00 bits per heavy atom. The molecule has 0 bridgehead atoms. The zero-order valence-electron chi connectivity index (χ0n) is 13.2. The van der Waals surface area contributed by atoms with Crippen molar-refractivity contribution in [2.45, 2.75) is 6.54 Å². The molecule has 2 aromatic carbocycles. The second kappa shape index (κ2) is 7.32. The lowest BCUT2D eigenvalue weighted by molar-refractivity contribution is -0.123. The Labute approximate surface area is 143 Å². The molecule has 1 aromatic heterocycles. The lowest BCUT2D eigenvalue weighted by Crippen LogP contribution is -2.28. The third-order valence-corrected chi connectivity index (χ3v) is 3.51. The number of fused-ring (bicyclic) bond motifs is 1. The van der Waals surface area contributed by atoms with Crippen LogP contribution in [-0.2, 0) is 11.3 Å². The maximum Gasteiger partial charge on any atom is 0.336 e. The monoisotopic (exact) mass is 334 g/mol. The Hall–Kier alpha value is -3.59. The molecule has 0 aliphatic rings. The molecule has 0 fully saturated rings. The number of ether oxygens (including phenoxy) is 1. The molecule has 0 unspecified atom stereocenters. The summed E-state index contributed by atoms with van der Waals surface area (Å²) in [6, 6.07) is 17.1. The third-order valence-electron chi connectivity index (χ3n) is 3.51. The molecule has 1 heterocycles. The summed E-state index contributed by atoms with van der Waals surface area (Å²) in [5.74, 6) is 0.139. The molecular weight excluding hydrogens is 320 g/mol. The van der Waals surface area contributed by atoms with Crippen molar-refractivity contribution in [3.8, 4) is 11.8 Å². The van der Waals surface area contributed by atoms with Crippen molar-refractivity contribution in [2.24, 2.45) is 0 Å². The van der Waals surface area contributed by atoms with Gasteiger partial charge in [0.2, 0.25) is 0 Å². The van der Waals surface area contributed by atoms with Crippen molar-refractivity contribution in [3.63, 3.8) is 0 Å². The van der Waals surface area contributed by atoms with Gasteiger partial charge >= 0.3 is 5.63 Å². The number of rotatable bonds is 5. The zero-order chi connectivity index (χ0) is 17.6. The van der Waals surface area contributed by atoms with E-state index < -0.39 is 5.63 Å². The number of amides is 1. The van der Waals surface area contributed by atoms with Crippen LogP contribution in [0.3, 0.4) is 0 Å². The van der Waals surface area contributed by atoms with Crippen LogP contribution in [0.2, 0.25) is 0 Å².